The number of hydrogen-bond acceptors (Lipinski definition) is 5. The van der Waals surface area contributed by atoms with Gasteiger partial charge in [-0.1, -0.05) is 372 Å². The molecule has 0 N–H and O–H groups in total. The zero-order valence-electron chi connectivity index (χ0n) is 72.9. The minimum Gasteiger partial charge on any atom is -0.298 e. The molecule has 3 unspecified atom stereocenters. The SMILES string of the molecule is C.C.C.C.C.C.C.C.CC(C)(C)C1CCCC(C(C)(C)C)C1.CC(C)(C)C1CCCN(C(C)(C)C)C1.CC(C)(C)c1cccc(C(C)(C)C)c1.CC(C)(C)c1cccc(C(C)(C)C)n1.CC(C)(C)c1ccnc(C(C)(C)C)c1.CC(C)(C)c1ccnc(C(C)(C)C)c1.CC(C)(C)c1cncc(C(C)(C)C)c1. The Morgan fingerprint density at radius 2 is 0.547 bits per heavy atom. The molecule has 1 aromatic carbocycles. The molecule has 106 heavy (non-hydrogen) atoms. The van der Waals surface area contributed by atoms with Crippen molar-refractivity contribution in [1.29, 1.82) is 0 Å². The maximum atomic E-state index is 4.72. The van der Waals surface area contributed by atoms with Crippen LogP contribution in [0.2, 0.25) is 0 Å². The van der Waals surface area contributed by atoms with Crippen molar-refractivity contribution in [2.45, 2.75) is 448 Å². The predicted octanol–water partition coefficient (Wildman–Crippen LogP) is 32.5. The highest BCUT2D eigenvalue weighted by molar-refractivity contribution is 5.33. The zero-order chi connectivity index (χ0) is 76.9. The largest absolute Gasteiger partial charge is 0.298 e. The number of benzene rings is 1. The highest BCUT2D eigenvalue weighted by Gasteiger charge is 2.36. The average molecular weight is 1480 g/mol. The van der Waals surface area contributed by atoms with Crippen molar-refractivity contribution in [2.75, 3.05) is 13.1 Å². The zero-order valence-corrected chi connectivity index (χ0v) is 72.9. The normalized spacial score (nSPS) is 16.1. The molecular formula is C101H193N5. The van der Waals surface area contributed by atoms with Gasteiger partial charge < -0.3 is 0 Å². The van der Waals surface area contributed by atoms with Gasteiger partial charge in [0, 0.05) is 81.3 Å². The van der Waals surface area contributed by atoms with E-state index < -0.39 is 0 Å². The third-order valence-corrected chi connectivity index (χ3v) is 19.9. The summed E-state index contributed by atoms with van der Waals surface area (Å²) in [6.07, 6.45) is 16.4. The first-order valence-electron chi connectivity index (χ1n) is 38.2. The Labute approximate surface area is 670 Å². The number of hydrogen-bond donors (Lipinski definition) is 0. The highest BCUT2D eigenvalue weighted by Crippen LogP contribution is 2.46. The van der Waals surface area contributed by atoms with Gasteiger partial charge in [-0.3, -0.25) is 24.8 Å². The number of rotatable bonds is 0. The van der Waals surface area contributed by atoms with Gasteiger partial charge in [-0.15, -0.1) is 0 Å². The van der Waals surface area contributed by atoms with E-state index in [0.29, 0.717) is 21.8 Å². The van der Waals surface area contributed by atoms with E-state index in [1.54, 1.807) is 0 Å². The summed E-state index contributed by atoms with van der Waals surface area (Å²) in [6.45, 7) is 97.7. The molecule has 5 heteroatoms. The fourth-order valence-electron chi connectivity index (χ4n) is 11.7. The van der Waals surface area contributed by atoms with Crippen LogP contribution in [0.5, 0.6) is 0 Å². The van der Waals surface area contributed by atoms with E-state index in [2.05, 4.69) is 383 Å². The fourth-order valence-corrected chi connectivity index (χ4v) is 11.7. The van der Waals surface area contributed by atoms with E-state index in [1.807, 2.05) is 24.8 Å². The Morgan fingerprint density at radius 1 is 0.283 bits per heavy atom. The van der Waals surface area contributed by atoms with Gasteiger partial charge in [0.25, 0.3) is 0 Å². The second-order valence-corrected chi connectivity index (χ2v) is 43.9. The van der Waals surface area contributed by atoms with Crippen LogP contribution >= 0.6 is 0 Å². The minimum absolute atomic E-state index is 0. The molecule has 1 aliphatic heterocycles. The van der Waals surface area contributed by atoms with Gasteiger partial charge in [-0.25, -0.2) is 0 Å². The Morgan fingerprint density at radius 3 is 0.811 bits per heavy atom. The lowest BCUT2D eigenvalue weighted by atomic mass is 9.63. The molecule has 5 nitrogen and oxygen atoms in total. The lowest BCUT2D eigenvalue weighted by Gasteiger charge is -2.45. The Hall–Kier alpha value is -4.22. The molecule has 0 spiro atoms. The van der Waals surface area contributed by atoms with Crippen LogP contribution in [-0.4, -0.2) is 43.5 Å². The van der Waals surface area contributed by atoms with Crippen molar-refractivity contribution in [3.05, 3.63) is 154 Å². The molecule has 3 atom stereocenters. The molecule has 0 radical (unpaired) electrons. The summed E-state index contributed by atoms with van der Waals surface area (Å²) in [5, 5.41) is 0. The fraction of sp³-hybridized carbons (Fsp3) is 0.743. The summed E-state index contributed by atoms with van der Waals surface area (Å²) in [5.41, 5.74) is 16.6. The van der Waals surface area contributed by atoms with Crippen molar-refractivity contribution in [1.82, 2.24) is 24.8 Å². The summed E-state index contributed by atoms with van der Waals surface area (Å²) >= 11 is 0. The molecule has 0 amide bonds. The van der Waals surface area contributed by atoms with Crippen LogP contribution in [0.3, 0.4) is 0 Å². The van der Waals surface area contributed by atoms with Gasteiger partial charge in [0.1, 0.15) is 0 Å². The first-order chi connectivity index (χ1) is 43.5. The van der Waals surface area contributed by atoms with Crippen molar-refractivity contribution < 1.29 is 0 Å². The molecule has 2 aliphatic rings. The maximum Gasteiger partial charge on any atom is 0.0460 e. The van der Waals surface area contributed by atoms with E-state index in [9.17, 15) is 0 Å². The first-order valence-corrected chi connectivity index (χ1v) is 38.2. The van der Waals surface area contributed by atoms with Crippen LogP contribution in [0, 0.1) is 34.0 Å². The smallest absolute Gasteiger partial charge is 0.0460 e. The number of piperidine rings is 1. The summed E-state index contributed by atoms with van der Waals surface area (Å²) < 4.78 is 0. The number of nitrogens with zero attached hydrogens (tertiary/aromatic N) is 5. The van der Waals surface area contributed by atoms with E-state index in [1.165, 1.54) is 108 Å². The average Bonchev–Trinajstić information content (AvgIpc) is 0.874. The standard InChI is InChI=1S/C14H28.C14H22.3C13H21N.C13H27N.C13H21N.8CH4/c2*1-13(2,3)11-8-7-9-12(10-11)14(4,5)6;1-12(2,3)10-7-11(9-14-8-10)13(4,5)6;2*1-12(2,3)10-7-8-14-11(9-10)13(4,5)6;1-12(2,3)11-8-7-9-14(10-11)13(4,5)6;1-12(2,3)10-8-7-9-11(14-10)13(4,5)6;;;;;;;;/h11-12H,7-10H2,1-6H3;7-10H,1-6H3;3*7-9H,1-6H3;11H,7-10H2,1-6H3;7-9H,1-6H3;8*1H4. The summed E-state index contributed by atoms with van der Waals surface area (Å²) in [4.78, 5) is 20.5. The van der Waals surface area contributed by atoms with Crippen molar-refractivity contribution >= 4 is 0 Å². The highest BCUT2D eigenvalue weighted by atomic mass is 15.2. The van der Waals surface area contributed by atoms with Gasteiger partial charge in [-0.05, 0) is 196 Å². The summed E-state index contributed by atoms with van der Waals surface area (Å²) in [6, 6.07) is 26.2. The van der Waals surface area contributed by atoms with E-state index >= 15 is 0 Å². The number of pyridine rings is 4. The van der Waals surface area contributed by atoms with Crippen molar-refractivity contribution in [3.63, 3.8) is 0 Å². The molecule has 4 aromatic heterocycles. The molecule has 0 bridgehead atoms. The van der Waals surface area contributed by atoms with Crippen LogP contribution in [0.15, 0.2) is 97.6 Å². The first kappa shape index (κ1) is 118. The Kier molecular flexibility index (Phi) is 49.6. The maximum absolute atomic E-state index is 4.72. The van der Waals surface area contributed by atoms with Crippen LogP contribution in [0.4, 0.5) is 0 Å². The van der Waals surface area contributed by atoms with Gasteiger partial charge in [0.05, 0.1) is 0 Å². The quantitative estimate of drug-likeness (QED) is 0.155. The third kappa shape index (κ3) is 43.4. The molecule has 622 valence electrons. The van der Waals surface area contributed by atoms with Gasteiger partial charge in [-0.2, -0.15) is 0 Å². The molecule has 2 fully saturated rings. The van der Waals surface area contributed by atoms with Gasteiger partial charge in [0.15, 0.2) is 0 Å². The molecule has 7 rings (SSSR count). The van der Waals surface area contributed by atoms with Crippen LogP contribution in [0.25, 0.3) is 0 Å². The topological polar surface area (TPSA) is 54.8 Å². The number of aromatic nitrogens is 4. The van der Waals surface area contributed by atoms with E-state index in [4.69, 9.17) is 4.98 Å². The summed E-state index contributed by atoms with van der Waals surface area (Å²) in [7, 11) is 0. The van der Waals surface area contributed by atoms with Gasteiger partial charge in [0.2, 0.25) is 0 Å². The van der Waals surface area contributed by atoms with Gasteiger partial charge >= 0.3 is 0 Å². The van der Waals surface area contributed by atoms with E-state index in [-0.39, 0.29) is 114 Å². The monoisotopic (exact) mass is 1480 g/mol. The molecule has 1 saturated carbocycles. The number of likely N-dealkylation sites (tertiary alicyclic amines) is 1. The van der Waals surface area contributed by atoms with E-state index in [0.717, 1.165) is 17.8 Å². The minimum atomic E-state index is 0. The molecule has 5 heterocycles. The molecule has 5 aromatic rings. The van der Waals surface area contributed by atoms with Crippen LogP contribution in [0.1, 0.15) is 445 Å². The van der Waals surface area contributed by atoms with Crippen molar-refractivity contribution in [3.8, 4) is 0 Å². The lowest BCUT2D eigenvalue weighted by molar-refractivity contribution is 0.0388. The molecular weight excluding hydrogens is 1280 g/mol. The van der Waals surface area contributed by atoms with Crippen LogP contribution in [-0.2, 0) is 54.1 Å². The summed E-state index contributed by atoms with van der Waals surface area (Å²) in [5.74, 6) is 2.76. The molecule has 1 aliphatic carbocycles. The second-order valence-electron chi connectivity index (χ2n) is 43.9. The lowest BCUT2D eigenvalue weighted by Crippen LogP contribution is -2.49. The Bertz CT molecular complexity index is 2480. The van der Waals surface area contributed by atoms with Crippen molar-refractivity contribution in [2.24, 2.45) is 34.0 Å². The third-order valence-electron chi connectivity index (χ3n) is 19.9. The Balaban J connectivity index is -0.000000174. The van der Waals surface area contributed by atoms with Crippen LogP contribution < -0.4 is 0 Å². The molecule has 1 saturated heterocycles. The predicted molar refractivity (Wildman–Crippen MR) is 492 cm³/mol. The second kappa shape index (κ2) is 44.7.